The molecule has 0 unspecified atom stereocenters. The number of hydrogen-bond acceptors (Lipinski definition) is 7. The van der Waals surface area contributed by atoms with Crippen LogP contribution in [0.2, 0.25) is 0 Å². The molecule has 1 aliphatic heterocycles. The highest BCUT2D eigenvalue weighted by atomic mass is 16.2. The van der Waals surface area contributed by atoms with Crippen molar-refractivity contribution < 1.29 is 4.79 Å². The summed E-state index contributed by atoms with van der Waals surface area (Å²) in [5, 5.41) is 19.2. The molecule has 5 rings (SSSR count). The zero-order valence-corrected chi connectivity index (χ0v) is 16.2. The standard InChI is InChI=1S/C19H21N9O/c1-11-4-3-5-13-15(11)24-19(23-14-9-20-6-7-21-18(14)29)28-17(13)25-16(26-28)12-8-22-27(2)10-12/h3-5,8,10,14,20H,6-7,9H2,1-2H3,(H,21,29)(H,23,24)/t14-/m1/s1. The Morgan fingerprint density at radius 3 is 2.97 bits per heavy atom. The van der Waals surface area contributed by atoms with Gasteiger partial charge in [0, 0.05) is 38.3 Å². The van der Waals surface area contributed by atoms with Crippen LogP contribution < -0.4 is 16.0 Å². The van der Waals surface area contributed by atoms with Crippen LogP contribution in [0, 0.1) is 6.92 Å². The van der Waals surface area contributed by atoms with Gasteiger partial charge in [0.25, 0.3) is 0 Å². The number of para-hydroxylation sites is 1. The third-order valence-electron chi connectivity index (χ3n) is 5.04. The Bertz CT molecular complexity index is 1230. The van der Waals surface area contributed by atoms with Gasteiger partial charge >= 0.3 is 0 Å². The topological polar surface area (TPSA) is 114 Å². The fourth-order valence-electron chi connectivity index (χ4n) is 3.54. The van der Waals surface area contributed by atoms with Crippen LogP contribution in [-0.4, -0.2) is 60.9 Å². The average molecular weight is 391 g/mol. The number of nitrogens with zero attached hydrogens (tertiary/aromatic N) is 6. The van der Waals surface area contributed by atoms with Gasteiger partial charge in [-0.1, -0.05) is 12.1 Å². The van der Waals surface area contributed by atoms with Crippen LogP contribution in [0.1, 0.15) is 5.56 Å². The highest BCUT2D eigenvalue weighted by Gasteiger charge is 2.23. The maximum absolute atomic E-state index is 12.4. The van der Waals surface area contributed by atoms with Gasteiger partial charge in [-0.2, -0.15) is 9.61 Å². The van der Waals surface area contributed by atoms with Gasteiger partial charge in [0.05, 0.1) is 17.3 Å². The maximum atomic E-state index is 12.4. The minimum absolute atomic E-state index is 0.0672. The first-order valence-corrected chi connectivity index (χ1v) is 9.50. The zero-order valence-electron chi connectivity index (χ0n) is 16.2. The second-order valence-corrected chi connectivity index (χ2v) is 7.17. The van der Waals surface area contributed by atoms with Crippen molar-refractivity contribution in [2.75, 3.05) is 25.0 Å². The van der Waals surface area contributed by atoms with Gasteiger partial charge in [-0.05, 0) is 18.6 Å². The molecule has 1 atom stereocenters. The second-order valence-electron chi connectivity index (χ2n) is 7.17. The van der Waals surface area contributed by atoms with Crippen molar-refractivity contribution in [3.05, 3.63) is 36.2 Å². The van der Waals surface area contributed by atoms with E-state index in [1.165, 1.54) is 0 Å². The van der Waals surface area contributed by atoms with Crippen molar-refractivity contribution >= 4 is 28.4 Å². The average Bonchev–Trinajstić information content (AvgIpc) is 3.29. The second kappa shape index (κ2) is 6.82. The van der Waals surface area contributed by atoms with Crippen LogP contribution in [0.4, 0.5) is 5.95 Å². The first kappa shape index (κ1) is 17.6. The molecule has 0 spiro atoms. The van der Waals surface area contributed by atoms with Crippen LogP contribution in [0.5, 0.6) is 0 Å². The summed E-state index contributed by atoms with van der Waals surface area (Å²) in [5.41, 5.74) is 3.36. The SMILES string of the molecule is Cc1cccc2c1nc(N[C@@H]1CNCCNC1=O)n1nc(-c3cnn(C)c3)nc21. The lowest BCUT2D eigenvalue weighted by Gasteiger charge is -2.17. The van der Waals surface area contributed by atoms with Crippen molar-refractivity contribution in [3.8, 4) is 11.4 Å². The molecule has 0 aliphatic carbocycles. The molecule has 1 amide bonds. The summed E-state index contributed by atoms with van der Waals surface area (Å²) in [4.78, 5) is 22.0. The van der Waals surface area contributed by atoms with E-state index in [0.29, 0.717) is 30.5 Å². The van der Waals surface area contributed by atoms with Gasteiger partial charge in [0.2, 0.25) is 11.9 Å². The molecule has 29 heavy (non-hydrogen) atoms. The lowest BCUT2D eigenvalue weighted by molar-refractivity contribution is -0.121. The van der Waals surface area contributed by atoms with Gasteiger partial charge in [0.1, 0.15) is 6.04 Å². The molecular weight excluding hydrogens is 370 g/mol. The van der Waals surface area contributed by atoms with Crippen LogP contribution in [-0.2, 0) is 11.8 Å². The van der Waals surface area contributed by atoms with Gasteiger partial charge in [-0.15, -0.1) is 5.10 Å². The predicted octanol–water partition coefficient (Wildman–Crippen LogP) is 0.486. The van der Waals surface area contributed by atoms with E-state index in [1.54, 1.807) is 15.4 Å². The van der Waals surface area contributed by atoms with Crippen molar-refractivity contribution in [1.29, 1.82) is 0 Å². The third kappa shape index (κ3) is 3.07. The number of rotatable bonds is 3. The molecule has 4 heterocycles. The highest BCUT2D eigenvalue weighted by molar-refractivity contribution is 5.95. The lowest BCUT2D eigenvalue weighted by atomic mass is 10.1. The van der Waals surface area contributed by atoms with E-state index < -0.39 is 6.04 Å². The number of fused-ring (bicyclic) bond motifs is 3. The normalized spacial score (nSPS) is 17.4. The van der Waals surface area contributed by atoms with Gasteiger partial charge in [-0.3, -0.25) is 9.48 Å². The van der Waals surface area contributed by atoms with E-state index in [2.05, 4.69) is 26.1 Å². The van der Waals surface area contributed by atoms with E-state index in [9.17, 15) is 4.79 Å². The molecule has 0 bridgehead atoms. The number of amides is 1. The summed E-state index contributed by atoms with van der Waals surface area (Å²) in [6, 6.07) is 5.51. The largest absolute Gasteiger partial charge is 0.353 e. The summed E-state index contributed by atoms with van der Waals surface area (Å²) < 4.78 is 3.38. The molecule has 1 fully saturated rings. The molecule has 3 N–H and O–H groups in total. The number of aryl methyl sites for hydroxylation is 2. The molecule has 148 valence electrons. The van der Waals surface area contributed by atoms with Gasteiger partial charge < -0.3 is 16.0 Å². The van der Waals surface area contributed by atoms with Crippen LogP contribution in [0.15, 0.2) is 30.6 Å². The Hall–Kier alpha value is -3.53. The van der Waals surface area contributed by atoms with Gasteiger partial charge in [-0.25, -0.2) is 9.97 Å². The molecule has 1 aromatic carbocycles. The zero-order chi connectivity index (χ0) is 20.0. The Labute approximate surface area is 166 Å². The number of aromatic nitrogens is 6. The Morgan fingerprint density at radius 2 is 2.14 bits per heavy atom. The highest BCUT2D eigenvalue weighted by Crippen LogP contribution is 2.26. The van der Waals surface area contributed by atoms with Crippen LogP contribution in [0.3, 0.4) is 0 Å². The number of anilines is 1. The third-order valence-corrected chi connectivity index (χ3v) is 5.04. The first-order chi connectivity index (χ1) is 14.1. The van der Waals surface area contributed by atoms with Crippen molar-refractivity contribution in [2.45, 2.75) is 13.0 Å². The Morgan fingerprint density at radius 1 is 1.24 bits per heavy atom. The monoisotopic (exact) mass is 391 g/mol. The summed E-state index contributed by atoms with van der Waals surface area (Å²) in [7, 11) is 1.85. The van der Waals surface area contributed by atoms with E-state index in [-0.39, 0.29) is 5.91 Å². The number of carbonyl (C=O) groups is 1. The Kier molecular flexibility index (Phi) is 4.13. The maximum Gasteiger partial charge on any atom is 0.243 e. The van der Waals surface area contributed by atoms with Crippen LogP contribution >= 0.6 is 0 Å². The smallest absolute Gasteiger partial charge is 0.243 e. The van der Waals surface area contributed by atoms with E-state index in [4.69, 9.17) is 9.97 Å². The molecule has 3 aromatic heterocycles. The molecule has 10 nitrogen and oxygen atoms in total. The summed E-state index contributed by atoms with van der Waals surface area (Å²) in [6.07, 6.45) is 3.59. The van der Waals surface area contributed by atoms with E-state index in [1.807, 2.05) is 38.4 Å². The van der Waals surface area contributed by atoms with Crippen molar-refractivity contribution in [3.63, 3.8) is 0 Å². The van der Waals surface area contributed by atoms with Crippen LogP contribution in [0.25, 0.3) is 27.9 Å². The molecule has 4 aromatic rings. The molecule has 0 saturated carbocycles. The fourth-order valence-corrected chi connectivity index (χ4v) is 3.54. The number of nitrogens with one attached hydrogen (secondary N) is 3. The fraction of sp³-hybridized carbons (Fsp3) is 0.316. The molecule has 1 aliphatic rings. The predicted molar refractivity (Wildman–Crippen MR) is 109 cm³/mol. The summed E-state index contributed by atoms with van der Waals surface area (Å²) in [5.74, 6) is 0.969. The minimum atomic E-state index is -0.458. The lowest BCUT2D eigenvalue weighted by Crippen LogP contribution is -2.42. The van der Waals surface area contributed by atoms with Crippen molar-refractivity contribution in [2.24, 2.45) is 7.05 Å². The Balaban J connectivity index is 1.69. The molecule has 10 heteroatoms. The molecule has 1 saturated heterocycles. The quantitative estimate of drug-likeness (QED) is 0.466. The van der Waals surface area contributed by atoms with E-state index in [0.717, 1.165) is 28.6 Å². The first-order valence-electron chi connectivity index (χ1n) is 9.50. The summed E-state index contributed by atoms with van der Waals surface area (Å²) in [6.45, 7) is 3.85. The number of carbonyl (C=O) groups excluding carboxylic acids is 1. The van der Waals surface area contributed by atoms with Gasteiger partial charge in [0.15, 0.2) is 11.5 Å². The van der Waals surface area contributed by atoms with E-state index >= 15 is 0 Å². The molecular formula is C19H21N9O. The molecule has 0 radical (unpaired) electrons. The number of hydrogen-bond donors (Lipinski definition) is 3. The minimum Gasteiger partial charge on any atom is -0.353 e. The van der Waals surface area contributed by atoms with Crippen molar-refractivity contribution in [1.82, 2.24) is 40.0 Å². The number of benzene rings is 1. The summed E-state index contributed by atoms with van der Waals surface area (Å²) >= 11 is 0.